The number of nitrogens with zero attached hydrogens (tertiary/aromatic N) is 3. The topological polar surface area (TPSA) is 37.7 Å². The molecule has 0 spiro atoms. The van der Waals surface area contributed by atoms with Crippen LogP contribution in [-0.4, -0.2) is 10.7 Å². The average Bonchev–Trinajstić information content (AvgIpc) is 3.62. The van der Waals surface area contributed by atoms with Crippen LogP contribution < -0.4 is 9.75 Å². The van der Waals surface area contributed by atoms with Gasteiger partial charge in [0.2, 0.25) is 5.13 Å². The zero-order valence-electron chi connectivity index (χ0n) is 20.3. The first-order valence-corrected chi connectivity index (χ1v) is 13.9. The van der Waals surface area contributed by atoms with Crippen LogP contribution in [0.5, 0.6) is 5.75 Å². The Morgan fingerprint density at radius 2 is 1.45 bits per heavy atom. The number of halogens is 2. The second-order valence-electron chi connectivity index (χ2n) is 8.98. The van der Waals surface area contributed by atoms with Crippen molar-refractivity contribution >= 4 is 45.4 Å². The van der Waals surface area contributed by atoms with Gasteiger partial charge in [0.1, 0.15) is 12.4 Å². The zero-order chi connectivity index (χ0) is 25.9. The number of benzene rings is 4. The Hall–Kier alpha value is -3.64. The molecule has 4 nitrogen and oxygen atoms in total. The van der Waals surface area contributed by atoms with E-state index in [1.54, 1.807) is 11.3 Å². The number of aromatic nitrogens is 1. The lowest BCUT2D eigenvalue weighted by Crippen LogP contribution is -2.18. The smallest absolute Gasteiger partial charge is 0.207 e. The number of anilines is 1. The molecule has 0 amide bonds. The van der Waals surface area contributed by atoms with Gasteiger partial charge in [-0.3, -0.25) is 0 Å². The van der Waals surface area contributed by atoms with E-state index in [0.29, 0.717) is 16.7 Å². The van der Waals surface area contributed by atoms with E-state index in [9.17, 15) is 0 Å². The Kier molecular flexibility index (Phi) is 7.14. The third kappa shape index (κ3) is 5.46. The number of hydrogen-bond acceptors (Lipinski definition) is 5. The van der Waals surface area contributed by atoms with Crippen LogP contribution in [0.2, 0.25) is 10.0 Å². The molecule has 0 saturated heterocycles. The lowest BCUT2D eigenvalue weighted by atomic mass is 9.98. The summed E-state index contributed by atoms with van der Waals surface area (Å²) < 4.78 is 6.01. The largest absolute Gasteiger partial charge is 0.489 e. The Morgan fingerprint density at radius 1 is 0.789 bits per heavy atom. The van der Waals surface area contributed by atoms with Crippen LogP contribution in [0.15, 0.2) is 114 Å². The van der Waals surface area contributed by atoms with Gasteiger partial charge in [-0.05, 0) is 53.1 Å². The van der Waals surface area contributed by atoms with Crippen LogP contribution in [0, 0.1) is 0 Å². The number of thiazole rings is 1. The maximum atomic E-state index is 6.14. The van der Waals surface area contributed by atoms with Crippen molar-refractivity contribution in [2.45, 2.75) is 19.1 Å². The molecule has 2 heterocycles. The average molecular weight is 557 g/mol. The van der Waals surface area contributed by atoms with Crippen LogP contribution in [0.3, 0.4) is 0 Å². The minimum Gasteiger partial charge on any atom is -0.489 e. The van der Waals surface area contributed by atoms with E-state index in [4.69, 9.17) is 38.0 Å². The minimum absolute atomic E-state index is 0.00747. The zero-order valence-corrected chi connectivity index (χ0v) is 22.6. The summed E-state index contributed by atoms with van der Waals surface area (Å²) in [5, 5.41) is 11.4. The van der Waals surface area contributed by atoms with Crippen molar-refractivity contribution in [2.75, 3.05) is 5.01 Å². The highest BCUT2D eigenvalue weighted by molar-refractivity contribution is 7.14. The number of hydrazone groups is 1. The van der Waals surface area contributed by atoms with Crippen molar-refractivity contribution in [3.05, 3.63) is 135 Å². The van der Waals surface area contributed by atoms with Crippen LogP contribution in [-0.2, 0) is 6.61 Å². The van der Waals surface area contributed by atoms with Gasteiger partial charge in [-0.1, -0.05) is 89.9 Å². The molecule has 6 rings (SSSR count). The molecule has 0 aliphatic carbocycles. The van der Waals surface area contributed by atoms with Crippen LogP contribution >= 0.6 is 34.5 Å². The normalized spacial score (nSPS) is 14.9. The second kappa shape index (κ2) is 11.0. The lowest BCUT2D eigenvalue weighted by molar-refractivity contribution is 0.306. The van der Waals surface area contributed by atoms with E-state index < -0.39 is 0 Å². The van der Waals surface area contributed by atoms with Gasteiger partial charge in [-0.15, -0.1) is 11.3 Å². The Labute approximate surface area is 235 Å². The van der Waals surface area contributed by atoms with Gasteiger partial charge in [0.15, 0.2) is 0 Å². The third-order valence-corrected chi connectivity index (χ3v) is 7.76. The summed E-state index contributed by atoms with van der Waals surface area (Å²) >= 11 is 13.8. The molecule has 7 heteroatoms. The van der Waals surface area contributed by atoms with Gasteiger partial charge in [0, 0.05) is 27.4 Å². The lowest BCUT2D eigenvalue weighted by Gasteiger charge is -2.21. The van der Waals surface area contributed by atoms with Gasteiger partial charge in [0.25, 0.3) is 0 Å². The molecule has 0 radical (unpaired) electrons. The number of rotatable bonds is 7. The summed E-state index contributed by atoms with van der Waals surface area (Å²) in [5.74, 6) is 0.834. The predicted octanol–water partition coefficient (Wildman–Crippen LogP) is 9.05. The molecule has 4 aromatic carbocycles. The molecular formula is C31H23Cl2N3OS. The van der Waals surface area contributed by atoms with E-state index in [0.717, 1.165) is 51.0 Å². The number of hydrogen-bond donors (Lipinski definition) is 0. The van der Waals surface area contributed by atoms with Gasteiger partial charge in [-0.25, -0.2) is 9.99 Å². The highest BCUT2D eigenvalue weighted by Crippen LogP contribution is 2.40. The van der Waals surface area contributed by atoms with Crippen molar-refractivity contribution in [1.82, 2.24) is 4.98 Å². The van der Waals surface area contributed by atoms with Crippen LogP contribution in [0.25, 0.3) is 11.3 Å². The van der Waals surface area contributed by atoms with Gasteiger partial charge < -0.3 is 4.74 Å². The quantitative estimate of drug-likeness (QED) is 0.201. The van der Waals surface area contributed by atoms with Gasteiger partial charge >= 0.3 is 0 Å². The molecule has 0 bridgehead atoms. The summed E-state index contributed by atoms with van der Waals surface area (Å²) in [6.07, 6.45) is 0.752. The van der Waals surface area contributed by atoms with E-state index >= 15 is 0 Å². The van der Waals surface area contributed by atoms with Gasteiger partial charge in [-0.2, -0.15) is 5.10 Å². The summed E-state index contributed by atoms with van der Waals surface area (Å²) in [5.41, 5.74) is 6.26. The van der Waals surface area contributed by atoms with Crippen molar-refractivity contribution in [3.8, 4) is 17.0 Å². The maximum absolute atomic E-state index is 6.14. The Balaban J connectivity index is 1.27. The number of ether oxygens (including phenoxy) is 1. The fourth-order valence-electron chi connectivity index (χ4n) is 4.41. The molecule has 38 heavy (non-hydrogen) atoms. The fourth-order valence-corrected chi connectivity index (χ4v) is 5.50. The molecule has 0 N–H and O–H groups in total. The molecule has 1 aliphatic rings. The van der Waals surface area contributed by atoms with E-state index in [1.807, 2.05) is 83.9 Å². The standard InChI is InChI=1S/C31H23Cl2N3OS/c32-25-12-6-22(7-13-25)28-18-30(24-10-16-27(17-11-24)37-19-21-4-2-1-3-5-21)36(35-28)31-34-29(20-38-31)23-8-14-26(33)15-9-23/h1-17,20,30H,18-19H2. The first kappa shape index (κ1) is 24.7. The van der Waals surface area contributed by atoms with Gasteiger partial charge in [0.05, 0.1) is 17.4 Å². The molecule has 1 unspecified atom stereocenters. The summed E-state index contributed by atoms with van der Waals surface area (Å²) in [6, 6.07) is 34.0. The first-order valence-electron chi connectivity index (χ1n) is 12.2. The molecular weight excluding hydrogens is 533 g/mol. The van der Waals surface area contributed by atoms with E-state index in [-0.39, 0.29) is 6.04 Å². The van der Waals surface area contributed by atoms with Crippen molar-refractivity contribution in [1.29, 1.82) is 0 Å². The molecule has 5 aromatic rings. The maximum Gasteiger partial charge on any atom is 0.207 e. The molecule has 188 valence electrons. The SMILES string of the molecule is Clc1ccc(C2=NN(c3nc(-c4ccc(Cl)cc4)cs3)C(c3ccc(OCc4ccccc4)cc3)C2)cc1. The minimum atomic E-state index is 0.00747. The van der Waals surface area contributed by atoms with Crippen LogP contribution in [0.4, 0.5) is 5.13 Å². The Morgan fingerprint density at radius 3 is 2.13 bits per heavy atom. The molecule has 0 saturated carbocycles. The summed E-state index contributed by atoms with van der Waals surface area (Å²) in [7, 11) is 0. The fraction of sp³-hybridized carbons (Fsp3) is 0.0968. The third-order valence-electron chi connectivity index (χ3n) is 6.43. The van der Waals surface area contributed by atoms with Crippen molar-refractivity contribution in [2.24, 2.45) is 5.10 Å². The van der Waals surface area contributed by atoms with E-state index in [1.165, 1.54) is 0 Å². The monoisotopic (exact) mass is 555 g/mol. The molecule has 1 atom stereocenters. The van der Waals surface area contributed by atoms with Crippen molar-refractivity contribution in [3.63, 3.8) is 0 Å². The Bertz CT molecular complexity index is 1550. The summed E-state index contributed by atoms with van der Waals surface area (Å²) in [4.78, 5) is 4.94. The van der Waals surface area contributed by atoms with Crippen molar-refractivity contribution < 1.29 is 4.74 Å². The van der Waals surface area contributed by atoms with E-state index in [2.05, 4.69) is 29.6 Å². The summed E-state index contributed by atoms with van der Waals surface area (Å²) in [6.45, 7) is 0.534. The molecule has 1 aliphatic heterocycles. The first-order chi connectivity index (χ1) is 18.6. The predicted molar refractivity (Wildman–Crippen MR) is 158 cm³/mol. The second-order valence-corrected chi connectivity index (χ2v) is 10.7. The molecule has 0 fully saturated rings. The highest BCUT2D eigenvalue weighted by Gasteiger charge is 2.32. The van der Waals surface area contributed by atoms with Crippen LogP contribution in [0.1, 0.15) is 29.2 Å². The highest BCUT2D eigenvalue weighted by atomic mass is 35.5. The molecule has 1 aromatic heterocycles.